The zero-order valence-corrected chi connectivity index (χ0v) is 13.9. The Kier molecular flexibility index (Phi) is 4.16. The van der Waals surface area contributed by atoms with Gasteiger partial charge in [-0.15, -0.1) is 0 Å². The van der Waals surface area contributed by atoms with E-state index in [0.29, 0.717) is 0 Å². The first-order valence-corrected chi connectivity index (χ1v) is 7.91. The molecular formula is C19H17BrN2. The lowest BCUT2D eigenvalue weighted by Crippen LogP contribution is -2.09. The van der Waals surface area contributed by atoms with E-state index in [0.717, 1.165) is 27.2 Å². The van der Waals surface area contributed by atoms with Crippen LogP contribution in [0, 0.1) is 6.92 Å². The van der Waals surface area contributed by atoms with Crippen LogP contribution in [0.4, 0.5) is 22.7 Å². The third kappa shape index (κ3) is 3.15. The third-order valence-electron chi connectivity index (χ3n) is 3.53. The second-order valence-corrected chi connectivity index (χ2v) is 6.15. The Morgan fingerprint density at radius 3 is 1.59 bits per heavy atom. The molecule has 0 bridgehead atoms. The van der Waals surface area contributed by atoms with Gasteiger partial charge in [0.2, 0.25) is 0 Å². The molecule has 2 nitrogen and oxygen atoms in total. The van der Waals surface area contributed by atoms with Gasteiger partial charge in [0.05, 0.1) is 0 Å². The number of nitrogen functional groups attached to an aromatic ring is 1. The van der Waals surface area contributed by atoms with Crippen LogP contribution >= 0.6 is 15.9 Å². The average molecular weight is 353 g/mol. The van der Waals surface area contributed by atoms with Gasteiger partial charge in [0, 0.05) is 27.2 Å². The van der Waals surface area contributed by atoms with Crippen molar-refractivity contribution in [1.29, 1.82) is 0 Å². The summed E-state index contributed by atoms with van der Waals surface area (Å²) < 4.78 is 1.07. The number of halogens is 1. The van der Waals surface area contributed by atoms with Crippen LogP contribution in [0.15, 0.2) is 77.3 Å². The summed E-state index contributed by atoms with van der Waals surface area (Å²) in [6, 6.07) is 24.7. The number of anilines is 4. The maximum Gasteiger partial charge on any atom is 0.0463 e. The first-order chi connectivity index (χ1) is 10.6. The molecule has 2 N–H and O–H groups in total. The molecule has 3 rings (SSSR count). The molecule has 0 saturated heterocycles. The summed E-state index contributed by atoms with van der Waals surface area (Å²) in [5.41, 5.74) is 11.1. The van der Waals surface area contributed by atoms with Crippen molar-refractivity contribution in [3.05, 3.63) is 82.8 Å². The van der Waals surface area contributed by atoms with E-state index in [1.807, 2.05) is 36.4 Å². The number of nitrogens with zero attached hydrogens (tertiary/aromatic N) is 1. The number of nitrogens with two attached hydrogens (primary N) is 1. The zero-order valence-electron chi connectivity index (χ0n) is 12.3. The van der Waals surface area contributed by atoms with Gasteiger partial charge >= 0.3 is 0 Å². The lowest BCUT2D eigenvalue weighted by Gasteiger charge is -2.25. The Labute approximate surface area is 139 Å². The summed E-state index contributed by atoms with van der Waals surface area (Å²) in [6.45, 7) is 2.09. The van der Waals surface area contributed by atoms with Gasteiger partial charge in [-0.2, -0.15) is 0 Å². The molecule has 0 unspecified atom stereocenters. The molecule has 3 heteroatoms. The van der Waals surface area contributed by atoms with E-state index in [-0.39, 0.29) is 0 Å². The van der Waals surface area contributed by atoms with Gasteiger partial charge in [0.1, 0.15) is 0 Å². The van der Waals surface area contributed by atoms with E-state index in [4.69, 9.17) is 5.73 Å². The van der Waals surface area contributed by atoms with Crippen molar-refractivity contribution in [2.24, 2.45) is 0 Å². The molecule has 110 valence electrons. The molecule has 0 fully saturated rings. The monoisotopic (exact) mass is 352 g/mol. The molecule has 3 aromatic carbocycles. The molecule has 0 aliphatic heterocycles. The molecule has 0 aliphatic rings. The summed E-state index contributed by atoms with van der Waals surface area (Å²) in [5, 5.41) is 0. The highest BCUT2D eigenvalue weighted by Gasteiger charge is 2.11. The van der Waals surface area contributed by atoms with E-state index in [2.05, 4.69) is 64.2 Å². The number of hydrogen-bond donors (Lipinski definition) is 1. The predicted molar refractivity (Wildman–Crippen MR) is 98.0 cm³/mol. The lowest BCUT2D eigenvalue weighted by molar-refractivity contribution is 1.27. The second kappa shape index (κ2) is 6.24. The van der Waals surface area contributed by atoms with Gasteiger partial charge < -0.3 is 10.6 Å². The van der Waals surface area contributed by atoms with Crippen molar-refractivity contribution in [2.45, 2.75) is 6.92 Å². The van der Waals surface area contributed by atoms with Crippen LogP contribution in [0.1, 0.15) is 5.56 Å². The highest BCUT2D eigenvalue weighted by molar-refractivity contribution is 9.10. The van der Waals surface area contributed by atoms with Gasteiger partial charge in [-0.1, -0.05) is 33.6 Å². The van der Waals surface area contributed by atoms with Gasteiger partial charge in [-0.3, -0.25) is 0 Å². The molecule has 0 atom stereocenters. The fourth-order valence-corrected chi connectivity index (χ4v) is 2.62. The molecule has 0 aromatic heterocycles. The van der Waals surface area contributed by atoms with Crippen molar-refractivity contribution in [3.8, 4) is 0 Å². The highest BCUT2D eigenvalue weighted by atomic mass is 79.9. The molecule has 22 heavy (non-hydrogen) atoms. The van der Waals surface area contributed by atoms with E-state index in [1.54, 1.807) is 0 Å². The Morgan fingerprint density at radius 2 is 1.09 bits per heavy atom. The molecule has 0 saturated carbocycles. The summed E-state index contributed by atoms with van der Waals surface area (Å²) in [7, 11) is 0. The van der Waals surface area contributed by atoms with E-state index >= 15 is 0 Å². The SMILES string of the molecule is Cc1ccc(N(c2ccc(N)cc2)c2ccc(Br)cc2)cc1. The molecular weight excluding hydrogens is 336 g/mol. The maximum absolute atomic E-state index is 5.82. The van der Waals surface area contributed by atoms with Crippen LogP contribution < -0.4 is 10.6 Å². The van der Waals surface area contributed by atoms with E-state index < -0.39 is 0 Å². The average Bonchev–Trinajstić information content (AvgIpc) is 2.53. The van der Waals surface area contributed by atoms with Crippen LogP contribution in [-0.4, -0.2) is 0 Å². The predicted octanol–water partition coefficient (Wildman–Crippen LogP) is 5.81. The number of aryl methyl sites for hydroxylation is 1. The molecule has 0 aliphatic carbocycles. The number of benzene rings is 3. The van der Waals surface area contributed by atoms with Crippen LogP contribution in [0.5, 0.6) is 0 Å². The first-order valence-electron chi connectivity index (χ1n) is 7.11. The third-order valence-corrected chi connectivity index (χ3v) is 4.06. The minimum atomic E-state index is 0.767. The first kappa shape index (κ1) is 14.7. The van der Waals surface area contributed by atoms with E-state index in [1.165, 1.54) is 5.56 Å². The minimum absolute atomic E-state index is 0.767. The quantitative estimate of drug-likeness (QED) is 0.602. The van der Waals surface area contributed by atoms with Crippen molar-refractivity contribution in [1.82, 2.24) is 0 Å². The van der Waals surface area contributed by atoms with Crippen molar-refractivity contribution in [3.63, 3.8) is 0 Å². The molecule has 0 radical (unpaired) electrons. The Morgan fingerprint density at radius 1 is 0.682 bits per heavy atom. The van der Waals surface area contributed by atoms with Crippen molar-refractivity contribution >= 4 is 38.7 Å². The van der Waals surface area contributed by atoms with E-state index in [9.17, 15) is 0 Å². The smallest absolute Gasteiger partial charge is 0.0463 e. The summed E-state index contributed by atoms with van der Waals surface area (Å²) in [5.74, 6) is 0. The largest absolute Gasteiger partial charge is 0.399 e. The fourth-order valence-electron chi connectivity index (χ4n) is 2.35. The minimum Gasteiger partial charge on any atom is -0.399 e. The van der Waals surface area contributed by atoms with Crippen molar-refractivity contribution < 1.29 is 0 Å². The van der Waals surface area contributed by atoms with Crippen LogP contribution in [0.3, 0.4) is 0 Å². The normalized spacial score (nSPS) is 10.5. The van der Waals surface area contributed by atoms with Gasteiger partial charge in [-0.25, -0.2) is 0 Å². The number of rotatable bonds is 3. The Bertz CT molecular complexity index is 639. The van der Waals surface area contributed by atoms with Crippen LogP contribution in [0.2, 0.25) is 0 Å². The summed E-state index contributed by atoms with van der Waals surface area (Å²) in [4.78, 5) is 2.21. The van der Waals surface area contributed by atoms with Crippen LogP contribution in [-0.2, 0) is 0 Å². The fraction of sp³-hybridized carbons (Fsp3) is 0.0526. The molecule has 0 amide bonds. The second-order valence-electron chi connectivity index (χ2n) is 5.24. The topological polar surface area (TPSA) is 29.3 Å². The lowest BCUT2D eigenvalue weighted by atomic mass is 10.1. The maximum atomic E-state index is 5.82. The molecule has 0 spiro atoms. The van der Waals surface area contributed by atoms with Gasteiger partial charge in [0.15, 0.2) is 0 Å². The molecule has 0 heterocycles. The summed E-state index contributed by atoms with van der Waals surface area (Å²) in [6.07, 6.45) is 0. The Hall–Kier alpha value is -2.26. The zero-order chi connectivity index (χ0) is 15.5. The standard InChI is InChI=1S/C19H17BrN2/c1-14-2-8-17(9-3-14)22(18-10-4-15(20)5-11-18)19-12-6-16(21)7-13-19/h2-13H,21H2,1H3. The van der Waals surface area contributed by atoms with Crippen LogP contribution in [0.25, 0.3) is 0 Å². The van der Waals surface area contributed by atoms with Crippen molar-refractivity contribution in [2.75, 3.05) is 10.6 Å². The highest BCUT2D eigenvalue weighted by Crippen LogP contribution is 2.35. The molecule has 3 aromatic rings. The summed E-state index contributed by atoms with van der Waals surface area (Å²) >= 11 is 3.49. The Balaban J connectivity index is 2.10. The van der Waals surface area contributed by atoms with Gasteiger partial charge in [0.25, 0.3) is 0 Å². The van der Waals surface area contributed by atoms with Gasteiger partial charge in [-0.05, 0) is 67.6 Å². The number of hydrogen-bond acceptors (Lipinski definition) is 2.